The quantitative estimate of drug-likeness (QED) is 0.412. The molecule has 0 bridgehead atoms. The van der Waals surface area contributed by atoms with Crippen molar-refractivity contribution >= 4 is 21.4 Å². The number of aromatic nitrogens is 2. The molecule has 0 unspecified atom stereocenters. The van der Waals surface area contributed by atoms with E-state index in [0.717, 1.165) is 11.8 Å². The molecule has 0 aliphatic heterocycles. The number of hydrogen-bond donors (Lipinski definition) is 1. The molecule has 27 heavy (non-hydrogen) atoms. The van der Waals surface area contributed by atoms with Crippen LogP contribution in [0.25, 0.3) is 0 Å². The van der Waals surface area contributed by atoms with Gasteiger partial charge in [0.25, 0.3) is 5.91 Å². The maximum absolute atomic E-state index is 12.1. The van der Waals surface area contributed by atoms with Crippen molar-refractivity contribution < 1.29 is 18.1 Å². The van der Waals surface area contributed by atoms with Crippen LogP contribution in [0.5, 0.6) is 0 Å². The van der Waals surface area contributed by atoms with Gasteiger partial charge in [0.2, 0.25) is 0 Å². The van der Waals surface area contributed by atoms with Crippen LogP contribution < -0.4 is 5.32 Å². The first kappa shape index (κ1) is 20.6. The van der Waals surface area contributed by atoms with Crippen molar-refractivity contribution in [3.05, 3.63) is 56.9 Å². The minimum Gasteiger partial charge on any atom is -0.352 e. The molecule has 1 N–H and O–H groups in total. The number of amides is 1. The zero-order valence-corrected chi connectivity index (χ0v) is 16.2. The number of carbonyl (C=O) groups excluding carboxylic acids is 1. The first-order valence-corrected chi connectivity index (χ1v) is 10.4. The number of nitrogens with one attached hydrogen (secondary N) is 1. The lowest BCUT2D eigenvalue weighted by Crippen LogP contribution is -2.25. The second-order valence-corrected chi connectivity index (χ2v) is 8.63. The normalized spacial score (nSPS) is 11.4. The smallest absolute Gasteiger partial charge is 0.312 e. The molecule has 0 spiro atoms. The zero-order chi connectivity index (χ0) is 20.2. The fraction of sp³-hybridized carbons (Fsp3) is 0.412. The molecule has 1 amide bonds. The molecule has 146 valence electrons. The molecule has 1 heterocycles. The maximum atomic E-state index is 12.1. The number of nitro groups is 1. The fourth-order valence-electron chi connectivity index (χ4n) is 2.68. The lowest BCUT2D eigenvalue weighted by atomic mass is 10.1. The van der Waals surface area contributed by atoms with Crippen LogP contribution in [-0.2, 0) is 16.4 Å². The molecule has 2 rings (SSSR count). The molecule has 1 aromatic carbocycles. The molecule has 0 radical (unpaired) electrons. The summed E-state index contributed by atoms with van der Waals surface area (Å²) in [7, 11) is -3.03. The number of nitrogens with zero attached hydrogens (tertiary/aromatic N) is 3. The van der Waals surface area contributed by atoms with Crippen LogP contribution in [0.3, 0.4) is 0 Å². The van der Waals surface area contributed by atoms with Crippen LogP contribution in [0.4, 0.5) is 5.69 Å². The van der Waals surface area contributed by atoms with Gasteiger partial charge in [-0.1, -0.05) is 12.1 Å². The summed E-state index contributed by atoms with van der Waals surface area (Å²) in [4.78, 5) is 22.7. The van der Waals surface area contributed by atoms with Gasteiger partial charge < -0.3 is 5.32 Å². The molecular weight excluding hydrogens is 372 g/mol. The van der Waals surface area contributed by atoms with Gasteiger partial charge in [-0.3, -0.25) is 19.6 Å². The fourth-order valence-corrected chi connectivity index (χ4v) is 3.35. The maximum Gasteiger partial charge on any atom is 0.312 e. The van der Waals surface area contributed by atoms with Gasteiger partial charge in [-0.15, -0.1) is 0 Å². The number of sulfone groups is 1. The summed E-state index contributed by atoms with van der Waals surface area (Å²) < 4.78 is 23.7. The minimum absolute atomic E-state index is 0.0140. The van der Waals surface area contributed by atoms with E-state index in [0.29, 0.717) is 29.9 Å². The van der Waals surface area contributed by atoms with Crippen molar-refractivity contribution in [2.45, 2.75) is 26.8 Å². The van der Waals surface area contributed by atoms with Crippen LogP contribution in [0.15, 0.2) is 24.3 Å². The van der Waals surface area contributed by atoms with Crippen LogP contribution in [0.2, 0.25) is 0 Å². The van der Waals surface area contributed by atoms with E-state index in [4.69, 9.17) is 0 Å². The van der Waals surface area contributed by atoms with Gasteiger partial charge in [-0.05, 0) is 38.0 Å². The third kappa shape index (κ3) is 5.61. The van der Waals surface area contributed by atoms with Crippen molar-refractivity contribution in [2.75, 3.05) is 18.6 Å². The highest BCUT2D eigenvalue weighted by Crippen LogP contribution is 2.22. The third-order valence-corrected chi connectivity index (χ3v) is 5.08. The van der Waals surface area contributed by atoms with Crippen LogP contribution >= 0.6 is 0 Å². The molecule has 0 aliphatic carbocycles. The van der Waals surface area contributed by atoms with E-state index in [2.05, 4.69) is 10.4 Å². The molecule has 9 nitrogen and oxygen atoms in total. The number of aryl methyl sites for hydroxylation is 1. The van der Waals surface area contributed by atoms with Gasteiger partial charge in [0.1, 0.15) is 21.2 Å². The first-order chi connectivity index (χ1) is 12.6. The lowest BCUT2D eigenvalue weighted by Gasteiger charge is -2.07. The Bertz CT molecular complexity index is 948. The van der Waals surface area contributed by atoms with Gasteiger partial charge in [-0.2, -0.15) is 5.10 Å². The Balaban J connectivity index is 1.98. The highest BCUT2D eigenvalue weighted by molar-refractivity contribution is 7.90. The van der Waals surface area contributed by atoms with Gasteiger partial charge >= 0.3 is 5.69 Å². The monoisotopic (exact) mass is 394 g/mol. The molecule has 10 heteroatoms. The van der Waals surface area contributed by atoms with E-state index in [1.54, 1.807) is 42.8 Å². The van der Waals surface area contributed by atoms with Crippen molar-refractivity contribution in [3.8, 4) is 0 Å². The Morgan fingerprint density at radius 3 is 2.41 bits per heavy atom. The molecule has 0 aliphatic rings. The molecule has 2 aromatic rings. The van der Waals surface area contributed by atoms with Crippen molar-refractivity contribution in [1.82, 2.24) is 15.1 Å². The van der Waals surface area contributed by atoms with Crippen molar-refractivity contribution in [2.24, 2.45) is 0 Å². The van der Waals surface area contributed by atoms with Crippen LogP contribution in [-0.4, -0.2) is 47.6 Å². The molecule has 0 atom stereocenters. The van der Waals surface area contributed by atoms with E-state index in [-0.39, 0.29) is 23.9 Å². The summed E-state index contributed by atoms with van der Waals surface area (Å²) in [5.74, 6) is -0.252. The second kappa shape index (κ2) is 8.30. The summed E-state index contributed by atoms with van der Waals surface area (Å²) in [5, 5.41) is 17.9. The summed E-state index contributed by atoms with van der Waals surface area (Å²) in [6.45, 7) is 3.88. The van der Waals surface area contributed by atoms with E-state index >= 15 is 0 Å². The van der Waals surface area contributed by atoms with E-state index < -0.39 is 14.8 Å². The predicted octanol–water partition coefficient (Wildman–Crippen LogP) is 1.62. The average molecular weight is 394 g/mol. The van der Waals surface area contributed by atoms with Gasteiger partial charge in [0.05, 0.1) is 17.2 Å². The Hall–Kier alpha value is -2.75. The van der Waals surface area contributed by atoms with Gasteiger partial charge in [-0.25, -0.2) is 8.42 Å². The molecular formula is C17H22N4O5S. The number of carbonyl (C=O) groups is 1. The average Bonchev–Trinajstić information content (AvgIpc) is 2.85. The highest BCUT2D eigenvalue weighted by Gasteiger charge is 2.21. The van der Waals surface area contributed by atoms with Crippen LogP contribution in [0.1, 0.15) is 33.7 Å². The van der Waals surface area contributed by atoms with Crippen LogP contribution in [0, 0.1) is 24.0 Å². The summed E-state index contributed by atoms with van der Waals surface area (Å²) in [5.41, 5.74) is 2.16. The number of rotatable bonds is 8. The zero-order valence-electron chi connectivity index (χ0n) is 15.4. The SMILES string of the molecule is Cc1nn(Cc2ccc(C(=O)NCCCS(C)(=O)=O)cc2)c(C)c1[N+](=O)[O-]. The van der Waals surface area contributed by atoms with Gasteiger partial charge in [0, 0.05) is 18.4 Å². The molecule has 0 fully saturated rings. The minimum atomic E-state index is -3.03. The molecule has 1 aromatic heterocycles. The van der Waals surface area contributed by atoms with Crippen molar-refractivity contribution in [3.63, 3.8) is 0 Å². The highest BCUT2D eigenvalue weighted by atomic mass is 32.2. The Morgan fingerprint density at radius 1 is 1.26 bits per heavy atom. The largest absolute Gasteiger partial charge is 0.352 e. The molecule has 0 saturated carbocycles. The Morgan fingerprint density at radius 2 is 1.89 bits per heavy atom. The van der Waals surface area contributed by atoms with E-state index in [1.807, 2.05) is 0 Å². The first-order valence-electron chi connectivity index (χ1n) is 8.32. The van der Waals surface area contributed by atoms with E-state index in [9.17, 15) is 23.3 Å². The van der Waals surface area contributed by atoms with Gasteiger partial charge in [0.15, 0.2) is 0 Å². The standard InChI is InChI=1S/C17H22N4O5S/c1-12-16(21(23)24)13(2)20(19-12)11-14-5-7-15(8-6-14)17(22)18-9-4-10-27(3,25)26/h5-8H,4,9-11H2,1-3H3,(H,18,22). The number of benzene rings is 1. The lowest BCUT2D eigenvalue weighted by molar-refractivity contribution is -0.386. The number of hydrogen-bond acceptors (Lipinski definition) is 6. The summed E-state index contributed by atoms with van der Waals surface area (Å²) in [6, 6.07) is 6.82. The summed E-state index contributed by atoms with van der Waals surface area (Å²) in [6.07, 6.45) is 1.52. The van der Waals surface area contributed by atoms with E-state index in [1.165, 1.54) is 0 Å². The Kier molecular flexibility index (Phi) is 6.32. The topological polar surface area (TPSA) is 124 Å². The molecule has 0 saturated heterocycles. The second-order valence-electron chi connectivity index (χ2n) is 6.37. The Labute approximate surface area is 157 Å². The predicted molar refractivity (Wildman–Crippen MR) is 101 cm³/mol. The summed E-state index contributed by atoms with van der Waals surface area (Å²) >= 11 is 0. The third-order valence-electron chi connectivity index (χ3n) is 4.05. The van der Waals surface area contributed by atoms with Crippen molar-refractivity contribution in [1.29, 1.82) is 0 Å².